The fraction of sp³-hybridized carbons (Fsp3) is 0.529. The van der Waals surface area contributed by atoms with Gasteiger partial charge < -0.3 is 5.32 Å². The lowest BCUT2D eigenvalue weighted by atomic mass is 9.98. The first-order valence-corrected chi connectivity index (χ1v) is 7.56. The number of hydrogen-bond donors (Lipinski definition) is 1. The molecule has 0 aromatic heterocycles. The number of nitrogens with one attached hydrogen (secondary N) is 1. The van der Waals surface area contributed by atoms with Crippen LogP contribution in [0.25, 0.3) is 6.08 Å². The van der Waals surface area contributed by atoms with Crippen molar-refractivity contribution in [1.29, 1.82) is 0 Å². The summed E-state index contributed by atoms with van der Waals surface area (Å²) in [5.74, 6) is 0.148. The maximum Gasteiger partial charge on any atom is 0.273 e. The van der Waals surface area contributed by atoms with Gasteiger partial charge in [0.2, 0.25) is 0 Å². The molecule has 0 saturated carbocycles. The van der Waals surface area contributed by atoms with Crippen molar-refractivity contribution in [3.63, 3.8) is 0 Å². The molecule has 0 heterocycles. The van der Waals surface area contributed by atoms with Crippen LogP contribution in [-0.4, -0.2) is 17.5 Å². The predicted molar refractivity (Wildman–Crippen MR) is 88.6 cm³/mol. The Morgan fingerprint density at radius 3 is 2.57 bits per heavy atom. The van der Waals surface area contributed by atoms with Gasteiger partial charge >= 0.3 is 0 Å². The van der Waals surface area contributed by atoms with E-state index in [-0.39, 0.29) is 22.6 Å². The molecule has 0 aliphatic carbocycles. The molecule has 21 heavy (non-hydrogen) atoms. The van der Waals surface area contributed by atoms with E-state index in [1.54, 1.807) is 6.07 Å². The number of benzene rings is 1. The zero-order valence-electron chi connectivity index (χ0n) is 13.6. The third-order valence-corrected chi connectivity index (χ3v) is 3.65. The molecule has 1 aromatic rings. The molecule has 0 fully saturated rings. The second-order valence-electron chi connectivity index (χ2n) is 5.79. The van der Waals surface area contributed by atoms with Crippen molar-refractivity contribution in [2.24, 2.45) is 0 Å². The van der Waals surface area contributed by atoms with E-state index < -0.39 is 0 Å². The smallest absolute Gasteiger partial charge is 0.273 e. The van der Waals surface area contributed by atoms with E-state index in [9.17, 15) is 10.1 Å². The van der Waals surface area contributed by atoms with Crippen molar-refractivity contribution in [3.05, 3.63) is 45.0 Å². The Balaban J connectivity index is 3.04. The van der Waals surface area contributed by atoms with Crippen LogP contribution < -0.4 is 5.32 Å². The summed E-state index contributed by atoms with van der Waals surface area (Å²) < 4.78 is 0. The zero-order valence-corrected chi connectivity index (χ0v) is 13.6. The van der Waals surface area contributed by atoms with Crippen LogP contribution in [-0.2, 0) is 0 Å². The maximum atomic E-state index is 11.2. The summed E-state index contributed by atoms with van der Waals surface area (Å²) in [7, 11) is 0. The summed E-state index contributed by atoms with van der Waals surface area (Å²) in [5.41, 5.74) is 3.05. The highest BCUT2D eigenvalue weighted by atomic mass is 16.6. The molecule has 1 rings (SSSR count). The van der Waals surface area contributed by atoms with E-state index in [0.717, 1.165) is 24.1 Å². The Labute approximate surface area is 127 Å². The number of nitro benzene ring substituents is 1. The van der Waals surface area contributed by atoms with Crippen molar-refractivity contribution in [3.8, 4) is 0 Å². The lowest BCUT2D eigenvalue weighted by Gasteiger charge is -2.14. The molecule has 1 N–H and O–H groups in total. The average molecular weight is 290 g/mol. The molecule has 1 unspecified atom stereocenters. The molecule has 116 valence electrons. The Morgan fingerprint density at radius 2 is 2.05 bits per heavy atom. The minimum absolute atomic E-state index is 0.148. The zero-order chi connectivity index (χ0) is 16.0. The summed E-state index contributed by atoms with van der Waals surface area (Å²) in [5, 5.41) is 14.6. The number of nitro groups is 1. The Kier molecular flexibility index (Phi) is 6.56. The van der Waals surface area contributed by atoms with Gasteiger partial charge in [-0.15, -0.1) is 0 Å². The Bertz CT molecular complexity index is 522. The molecule has 1 aromatic carbocycles. The Morgan fingerprint density at radius 1 is 1.38 bits per heavy atom. The highest BCUT2D eigenvalue weighted by molar-refractivity contribution is 5.59. The van der Waals surface area contributed by atoms with Crippen molar-refractivity contribution >= 4 is 11.8 Å². The lowest BCUT2D eigenvalue weighted by Crippen LogP contribution is -2.27. The van der Waals surface area contributed by atoms with E-state index in [1.165, 1.54) is 5.57 Å². The van der Waals surface area contributed by atoms with Gasteiger partial charge in [0, 0.05) is 17.7 Å². The summed E-state index contributed by atoms with van der Waals surface area (Å²) in [6.45, 7) is 11.2. The van der Waals surface area contributed by atoms with Crippen LogP contribution in [0.2, 0.25) is 0 Å². The minimum atomic E-state index is -0.291. The highest BCUT2D eigenvalue weighted by Gasteiger charge is 2.16. The summed E-state index contributed by atoms with van der Waals surface area (Å²) >= 11 is 0. The molecule has 0 spiro atoms. The minimum Gasteiger partial charge on any atom is -0.311 e. The molecular weight excluding hydrogens is 264 g/mol. The molecule has 0 aliphatic rings. The summed E-state index contributed by atoms with van der Waals surface area (Å²) in [6.07, 6.45) is 3.11. The van der Waals surface area contributed by atoms with E-state index in [4.69, 9.17) is 0 Å². The fourth-order valence-electron chi connectivity index (χ4n) is 2.21. The van der Waals surface area contributed by atoms with Crippen LogP contribution in [0.15, 0.2) is 23.8 Å². The van der Waals surface area contributed by atoms with E-state index in [0.29, 0.717) is 0 Å². The third-order valence-electron chi connectivity index (χ3n) is 3.65. The monoisotopic (exact) mass is 290 g/mol. The predicted octanol–water partition coefficient (Wildman–Crippen LogP) is 4.51. The van der Waals surface area contributed by atoms with Crippen LogP contribution >= 0.6 is 0 Å². The normalized spacial score (nSPS) is 13.5. The number of nitrogens with zero attached hydrogens (tertiary/aromatic N) is 1. The second-order valence-corrected chi connectivity index (χ2v) is 5.79. The summed E-state index contributed by atoms with van der Waals surface area (Å²) in [4.78, 5) is 10.9. The van der Waals surface area contributed by atoms with Crippen molar-refractivity contribution in [1.82, 2.24) is 5.32 Å². The van der Waals surface area contributed by atoms with Crippen LogP contribution in [0.3, 0.4) is 0 Å². The molecule has 0 saturated heterocycles. The van der Waals surface area contributed by atoms with Crippen molar-refractivity contribution in [2.75, 3.05) is 6.54 Å². The molecule has 0 aliphatic heterocycles. The standard InChI is InChI=1S/C17H26N2O2/c1-6-9-18-14(5)13(4)10-15-7-8-16(12(2)3)17(11-15)19(20)21/h7-8,10-12,14,18H,6,9H2,1-5H3/b13-10+. The van der Waals surface area contributed by atoms with Crippen molar-refractivity contribution < 1.29 is 4.92 Å². The molecule has 4 heteroatoms. The first kappa shape index (κ1) is 17.4. The first-order valence-electron chi connectivity index (χ1n) is 7.56. The molecule has 4 nitrogen and oxygen atoms in total. The van der Waals surface area contributed by atoms with Gasteiger partial charge in [0.25, 0.3) is 5.69 Å². The topological polar surface area (TPSA) is 55.2 Å². The molecule has 0 bridgehead atoms. The van der Waals surface area contributed by atoms with Crippen LogP contribution in [0, 0.1) is 10.1 Å². The van der Waals surface area contributed by atoms with Crippen LogP contribution in [0.1, 0.15) is 58.1 Å². The third kappa shape index (κ3) is 4.97. The van der Waals surface area contributed by atoms with Crippen LogP contribution in [0.5, 0.6) is 0 Å². The molecule has 1 atom stereocenters. The molecule has 0 radical (unpaired) electrons. The molecular formula is C17H26N2O2. The van der Waals surface area contributed by atoms with Gasteiger partial charge in [0.15, 0.2) is 0 Å². The molecule has 0 amide bonds. The van der Waals surface area contributed by atoms with Gasteiger partial charge in [-0.3, -0.25) is 10.1 Å². The first-order chi connectivity index (χ1) is 9.86. The maximum absolute atomic E-state index is 11.2. The van der Waals surface area contributed by atoms with Gasteiger partial charge in [-0.05, 0) is 38.3 Å². The fourth-order valence-corrected chi connectivity index (χ4v) is 2.21. The SMILES string of the molecule is CCCNC(C)/C(C)=C/c1ccc(C(C)C)c([N+](=O)[O-])c1. The average Bonchev–Trinajstić information content (AvgIpc) is 2.44. The van der Waals surface area contributed by atoms with Gasteiger partial charge in [-0.2, -0.15) is 0 Å². The van der Waals surface area contributed by atoms with Gasteiger partial charge in [0.1, 0.15) is 0 Å². The van der Waals surface area contributed by atoms with E-state index >= 15 is 0 Å². The van der Waals surface area contributed by atoms with Crippen molar-refractivity contribution in [2.45, 2.75) is 53.0 Å². The second kappa shape index (κ2) is 7.93. The van der Waals surface area contributed by atoms with Gasteiger partial charge in [0.05, 0.1) is 4.92 Å². The van der Waals surface area contributed by atoms with Crippen LogP contribution in [0.4, 0.5) is 5.69 Å². The van der Waals surface area contributed by atoms with Gasteiger partial charge in [-0.1, -0.05) is 44.6 Å². The van der Waals surface area contributed by atoms with E-state index in [2.05, 4.69) is 26.1 Å². The largest absolute Gasteiger partial charge is 0.311 e. The number of hydrogen-bond acceptors (Lipinski definition) is 3. The number of rotatable bonds is 7. The summed E-state index contributed by atoms with van der Waals surface area (Å²) in [6, 6.07) is 5.77. The van der Waals surface area contributed by atoms with Gasteiger partial charge in [-0.25, -0.2) is 0 Å². The highest BCUT2D eigenvalue weighted by Crippen LogP contribution is 2.28. The van der Waals surface area contributed by atoms with E-state index in [1.807, 2.05) is 32.1 Å². The Hall–Kier alpha value is -1.68. The lowest BCUT2D eigenvalue weighted by molar-refractivity contribution is -0.385. The quantitative estimate of drug-likeness (QED) is 0.593.